The average Bonchev–Trinajstić information content (AvgIpc) is 3.10. The zero-order valence-electron chi connectivity index (χ0n) is 11.4. The van der Waals surface area contributed by atoms with Crippen molar-refractivity contribution in [3.63, 3.8) is 0 Å². The van der Waals surface area contributed by atoms with Gasteiger partial charge in [0.05, 0.1) is 23.2 Å². The van der Waals surface area contributed by atoms with Crippen molar-refractivity contribution in [3.8, 4) is 0 Å². The number of ether oxygens (including phenoxy) is 1. The number of benzene rings is 1. The molecule has 2 saturated heterocycles. The van der Waals surface area contributed by atoms with Gasteiger partial charge in [-0.1, -0.05) is 0 Å². The van der Waals surface area contributed by atoms with Crippen LogP contribution in [0.4, 0.5) is 11.4 Å². The summed E-state index contributed by atoms with van der Waals surface area (Å²) < 4.78 is 5.84. The Morgan fingerprint density at radius 1 is 1.33 bits per heavy atom. The van der Waals surface area contributed by atoms with Crippen LogP contribution in [-0.2, 0) is 4.74 Å². The lowest BCUT2D eigenvalue weighted by atomic mass is 9.95. The van der Waals surface area contributed by atoms with Crippen molar-refractivity contribution >= 4 is 22.3 Å². The van der Waals surface area contributed by atoms with E-state index in [2.05, 4.69) is 10.3 Å². The number of hydrogen-bond acceptors (Lipinski definition) is 5. The zero-order chi connectivity index (χ0) is 14.4. The zero-order valence-corrected chi connectivity index (χ0v) is 11.4. The molecule has 3 atom stereocenters. The van der Waals surface area contributed by atoms with E-state index in [4.69, 9.17) is 4.74 Å². The molecule has 6 nitrogen and oxygen atoms in total. The van der Waals surface area contributed by atoms with Gasteiger partial charge in [-0.2, -0.15) is 0 Å². The molecule has 1 aromatic heterocycles. The minimum atomic E-state index is -0.389. The number of non-ortho nitro benzene ring substituents is 1. The van der Waals surface area contributed by atoms with E-state index in [1.165, 1.54) is 6.07 Å². The SMILES string of the molecule is O=[N+]([O-])c1ccc(NC2CC3CCC2O3)c2cccnc12. The highest BCUT2D eigenvalue weighted by atomic mass is 16.6. The van der Waals surface area contributed by atoms with Gasteiger partial charge in [-0.3, -0.25) is 10.1 Å². The molecule has 3 unspecified atom stereocenters. The van der Waals surface area contributed by atoms with Crippen LogP contribution in [0.2, 0.25) is 0 Å². The Hall–Kier alpha value is -2.21. The predicted octanol–water partition coefficient (Wildman–Crippen LogP) is 2.87. The second-order valence-electron chi connectivity index (χ2n) is 5.65. The van der Waals surface area contributed by atoms with Crippen LogP contribution in [0.1, 0.15) is 19.3 Å². The van der Waals surface area contributed by atoms with Crippen LogP contribution >= 0.6 is 0 Å². The number of nitrogens with zero attached hydrogens (tertiary/aromatic N) is 2. The highest BCUT2D eigenvalue weighted by molar-refractivity contribution is 5.97. The standard InChI is InChI=1S/C15H15N3O3/c19-18(20)13-5-4-11(10-2-1-7-16-15(10)13)17-12-8-9-3-6-14(12)21-9/h1-2,4-5,7,9,12,14,17H,3,6,8H2. The number of rotatable bonds is 3. The fourth-order valence-corrected chi connectivity index (χ4v) is 3.42. The molecule has 1 aromatic carbocycles. The van der Waals surface area contributed by atoms with Crippen molar-refractivity contribution < 1.29 is 9.66 Å². The van der Waals surface area contributed by atoms with Gasteiger partial charge in [0.1, 0.15) is 5.52 Å². The summed E-state index contributed by atoms with van der Waals surface area (Å²) in [6.45, 7) is 0. The predicted molar refractivity (Wildman–Crippen MR) is 78.3 cm³/mol. The van der Waals surface area contributed by atoms with E-state index < -0.39 is 0 Å². The van der Waals surface area contributed by atoms with E-state index >= 15 is 0 Å². The molecule has 2 aliphatic heterocycles. The van der Waals surface area contributed by atoms with Crippen molar-refractivity contribution in [1.82, 2.24) is 4.98 Å². The molecule has 2 aliphatic rings. The van der Waals surface area contributed by atoms with Gasteiger partial charge in [0, 0.05) is 23.3 Å². The van der Waals surface area contributed by atoms with Crippen LogP contribution in [0.15, 0.2) is 30.5 Å². The quantitative estimate of drug-likeness (QED) is 0.693. The highest BCUT2D eigenvalue weighted by Gasteiger charge is 2.40. The Bertz CT molecular complexity index is 718. The van der Waals surface area contributed by atoms with Crippen LogP contribution in [-0.4, -0.2) is 28.2 Å². The van der Waals surface area contributed by atoms with E-state index in [1.54, 1.807) is 18.3 Å². The molecule has 4 rings (SSSR count). The number of hydrogen-bond donors (Lipinski definition) is 1. The Balaban J connectivity index is 1.72. The van der Waals surface area contributed by atoms with Crippen LogP contribution < -0.4 is 5.32 Å². The van der Waals surface area contributed by atoms with E-state index in [-0.39, 0.29) is 22.8 Å². The number of nitro groups is 1. The van der Waals surface area contributed by atoms with E-state index in [9.17, 15) is 10.1 Å². The smallest absolute Gasteiger partial charge is 0.295 e. The maximum Gasteiger partial charge on any atom is 0.295 e. The van der Waals surface area contributed by atoms with Crippen molar-refractivity contribution in [3.05, 3.63) is 40.6 Å². The third-order valence-corrected chi connectivity index (χ3v) is 4.39. The molecule has 0 saturated carbocycles. The third kappa shape index (κ3) is 2.03. The van der Waals surface area contributed by atoms with E-state index in [1.807, 2.05) is 6.07 Å². The molecule has 2 fully saturated rings. The maximum atomic E-state index is 11.1. The van der Waals surface area contributed by atoms with Gasteiger partial charge in [-0.05, 0) is 37.5 Å². The first-order valence-electron chi connectivity index (χ1n) is 7.16. The summed E-state index contributed by atoms with van der Waals surface area (Å²) in [7, 11) is 0. The monoisotopic (exact) mass is 285 g/mol. The van der Waals surface area contributed by atoms with Crippen LogP contribution in [0.5, 0.6) is 0 Å². The summed E-state index contributed by atoms with van der Waals surface area (Å²) in [6.07, 6.45) is 5.45. The molecule has 0 radical (unpaired) electrons. The molecule has 6 heteroatoms. The Morgan fingerprint density at radius 3 is 2.95 bits per heavy atom. The van der Waals surface area contributed by atoms with E-state index in [0.717, 1.165) is 30.3 Å². The van der Waals surface area contributed by atoms with Crippen LogP contribution in [0, 0.1) is 10.1 Å². The number of nitro benzene ring substituents is 1. The largest absolute Gasteiger partial charge is 0.379 e. The molecule has 0 aliphatic carbocycles. The Labute approximate surface area is 121 Å². The summed E-state index contributed by atoms with van der Waals surface area (Å²) in [5.41, 5.74) is 1.36. The van der Waals surface area contributed by atoms with Gasteiger partial charge in [0.15, 0.2) is 0 Å². The molecular weight excluding hydrogens is 270 g/mol. The molecule has 0 amide bonds. The summed E-state index contributed by atoms with van der Waals surface area (Å²) in [6, 6.07) is 7.24. The summed E-state index contributed by atoms with van der Waals surface area (Å²) in [4.78, 5) is 14.9. The second kappa shape index (κ2) is 4.66. The minimum absolute atomic E-state index is 0.0420. The fourth-order valence-electron chi connectivity index (χ4n) is 3.42. The number of nitrogens with one attached hydrogen (secondary N) is 1. The van der Waals surface area contributed by atoms with Gasteiger partial charge < -0.3 is 10.1 Å². The van der Waals surface area contributed by atoms with Gasteiger partial charge in [-0.15, -0.1) is 0 Å². The van der Waals surface area contributed by atoms with Crippen molar-refractivity contribution in [1.29, 1.82) is 0 Å². The van der Waals surface area contributed by atoms with Crippen molar-refractivity contribution in [2.45, 2.75) is 37.5 Å². The van der Waals surface area contributed by atoms with Gasteiger partial charge in [0.25, 0.3) is 5.69 Å². The summed E-state index contributed by atoms with van der Waals surface area (Å²) in [5.74, 6) is 0. The first-order chi connectivity index (χ1) is 10.2. The molecule has 1 N–H and O–H groups in total. The first-order valence-corrected chi connectivity index (χ1v) is 7.16. The summed E-state index contributed by atoms with van der Waals surface area (Å²) in [5, 5.41) is 15.4. The Kier molecular flexibility index (Phi) is 2.78. The molecule has 108 valence electrons. The highest BCUT2D eigenvalue weighted by Crippen LogP contribution is 2.37. The number of fused-ring (bicyclic) bond motifs is 3. The van der Waals surface area contributed by atoms with Gasteiger partial charge in [0.2, 0.25) is 0 Å². The normalized spacial score (nSPS) is 27.1. The molecule has 0 spiro atoms. The van der Waals surface area contributed by atoms with Crippen LogP contribution in [0.25, 0.3) is 10.9 Å². The first kappa shape index (κ1) is 12.5. The fraction of sp³-hybridized carbons (Fsp3) is 0.400. The Morgan fingerprint density at radius 2 is 2.24 bits per heavy atom. The average molecular weight is 285 g/mol. The number of pyridine rings is 1. The minimum Gasteiger partial charge on any atom is -0.379 e. The molecular formula is C15H15N3O3. The van der Waals surface area contributed by atoms with E-state index in [0.29, 0.717) is 11.6 Å². The van der Waals surface area contributed by atoms with Crippen LogP contribution in [0.3, 0.4) is 0 Å². The topological polar surface area (TPSA) is 77.3 Å². The molecule has 2 aromatic rings. The molecule has 2 bridgehead atoms. The third-order valence-electron chi connectivity index (χ3n) is 4.39. The lowest BCUT2D eigenvalue weighted by molar-refractivity contribution is -0.383. The summed E-state index contributed by atoms with van der Waals surface area (Å²) >= 11 is 0. The molecule has 21 heavy (non-hydrogen) atoms. The lowest BCUT2D eigenvalue weighted by Gasteiger charge is -2.22. The molecule has 3 heterocycles. The van der Waals surface area contributed by atoms with Gasteiger partial charge in [-0.25, -0.2) is 4.98 Å². The number of anilines is 1. The lowest BCUT2D eigenvalue weighted by Crippen LogP contribution is -2.30. The van der Waals surface area contributed by atoms with Crippen molar-refractivity contribution in [2.24, 2.45) is 0 Å². The van der Waals surface area contributed by atoms with Crippen molar-refractivity contribution in [2.75, 3.05) is 5.32 Å². The number of aromatic nitrogens is 1. The second-order valence-corrected chi connectivity index (χ2v) is 5.65. The maximum absolute atomic E-state index is 11.1. The van der Waals surface area contributed by atoms with Gasteiger partial charge >= 0.3 is 0 Å².